The van der Waals surface area contributed by atoms with Gasteiger partial charge in [0.15, 0.2) is 0 Å². The number of nitrogens with zero attached hydrogens (tertiary/aromatic N) is 2. The quantitative estimate of drug-likeness (QED) is 0.386. The third-order valence-electron chi connectivity index (χ3n) is 7.56. The number of carbonyl (C=O) groups excluding carboxylic acids is 2. The van der Waals surface area contributed by atoms with E-state index >= 15 is 0 Å². The second kappa shape index (κ2) is 11.2. The first-order chi connectivity index (χ1) is 16.4. The molecule has 5 atom stereocenters. The van der Waals surface area contributed by atoms with Crippen LogP contribution in [0, 0.1) is 24.2 Å². The van der Waals surface area contributed by atoms with Crippen LogP contribution in [0.5, 0.6) is 0 Å². The average molecular weight is 505 g/mol. The van der Waals surface area contributed by atoms with Crippen LogP contribution in [0.15, 0.2) is 11.0 Å². The van der Waals surface area contributed by atoms with Crippen molar-refractivity contribution in [2.75, 3.05) is 0 Å². The lowest BCUT2D eigenvalue weighted by molar-refractivity contribution is -0.148. The molecule has 2 aliphatic rings. The van der Waals surface area contributed by atoms with Gasteiger partial charge in [-0.1, -0.05) is 40.5 Å². The summed E-state index contributed by atoms with van der Waals surface area (Å²) in [7, 11) is 0. The number of hydrogen-bond acceptors (Lipinski definition) is 6. The summed E-state index contributed by atoms with van der Waals surface area (Å²) < 4.78 is 5.93. The minimum Gasteiger partial charge on any atom is -0.465 e. The summed E-state index contributed by atoms with van der Waals surface area (Å²) in [6, 6.07) is -0.216. The Morgan fingerprint density at radius 1 is 1.23 bits per heavy atom. The standard InChI is InChI=1S/C27H40N2O5S/c1-16-8-7-9-21-22(29(21)26(32)33)14-23(17(2)13-20-15-35-19(4)28-20)34-24(30)10-11-27(5,6)25(31)18(3)12-16/h13,15-16,18,21-23H,7-12,14H2,1-6H3,(H,32,33). The smallest absolute Gasteiger partial charge is 0.407 e. The summed E-state index contributed by atoms with van der Waals surface area (Å²) in [5.74, 6) is 0.144. The van der Waals surface area contributed by atoms with Gasteiger partial charge in [-0.25, -0.2) is 9.78 Å². The molecule has 1 aromatic heterocycles. The van der Waals surface area contributed by atoms with E-state index in [0.29, 0.717) is 18.8 Å². The maximum atomic E-state index is 13.1. The number of aromatic nitrogens is 1. The van der Waals surface area contributed by atoms with Gasteiger partial charge >= 0.3 is 12.1 Å². The summed E-state index contributed by atoms with van der Waals surface area (Å²) in [5.41, 5.74) is 1.05. The fourth-order valence-electron chi connectivity index (χ4n) is 5.47. The number of cyclic esters (lactones) is 1. The first-order valence-corrected chi connectivity index (χ1v) is 13.6. The Morgan fingerprint density at radius 3 is 2.57 bits per heavy atom. The highest BCUT2D eigenvalue weighted by Crippen LogP contribution is 2.39. The van der Waals surface area contributed by atoms with E-state index in [9.17, 15) is 19.5 Å². The van der Waals surface area contributed by atoms with Crippen molar-refractivity contribution in [1.82, 2.24) is 9.88 Å². The third kappa shape index (κ3) is 7.15. The molecule has 0 bridgehead atoms. The predicted molar refractivity (Wildman–Crippen MR) is 137 cm³/mol. The van der Waals surface area contributed by atoms with E-state index in [0.717, 1.165) is 42.0 Å². The molecule has 7 nitrogen and oxygen atoms in total. The summed E-state index contributed by atoms with van der Waals surface area (Å²) in [6.07, 6.45) is 4.94. The van der Waals surface area contributed by atoms with E-state index in [1.54, 1.807) is 11.3 Å². The number of ketones is 1. The van der Waals surface area contributed by atoms with Crippen LogP contribution in [0.3, 0.4) is 0 Å². The van der Waals surface area contributed by atoms with Gasteiger partial charge in [0.05, 0.1) is 22.8 Å². The van der Waals surface area contributed by atoms with Gasteiger partial charge in [0.1, 0.15) is 11.9 Å². The molecule has 0 radical (unpaired) electrons. The number of carbonyl (C=O) groups is 3. The first-order valence-electron chi connectivity index (χ1n) is 12.7. The van der Waals surface area contributed by atoms with Gasteiger partial charge in [-0.15, -0.1) is 11.3 Å². The van der Waals surface area contributed by atoms with Gasteiger partial charge in [-0.3, -0.25) is 14.5 Å². The third-order valence-corrected chi connectivity index (χ3v) is 8.35. The van der Waals surface area contributed by atoms with Crippen LogP contribution in [0.1, 0.15) is 90.3 Å². The summed E-state index contributed by atoms with van der Waals surface area (Å²) in [6.45, 7) is 11.8. The highest BCUT2D eigenvalue weighted by molar-refractivity contribution is 7.09. The van der Waals surface area contributed by atoms with Crippen molar-refractivity contribution in [2.45, 2.75) is 105 Å². The molecule has 194 valence electrons. The van der Waals surface area contributed by atoms with E-state index in [-0.39, 0.29) is 36.2 Å². The Morgan fingerprint density at radius 2 is 1.94 bits per heavy atom. The van der Waals surface area contributed by atoms with Crippen LogP contribution in [0.25, 0.3) is 6.08 Å². The fraction of sp³-hybridized carbons (Fsp3) is 0.704. The molecule has 0 aromatic carbocycles. The van der Waals surface area contributed by atoms with Crippen molar-refractivity contribution in [3.05, 3.63) is 21.7 Å². The summed E-state index contributed by atoms with van der Waals surface area (Å²) in [5, 5.41) is 12.6. The van der Waals surface area contributed by atoms with Crippen molar-refractivity contribution in [3.63, 3.8) is 0 Å². The monoisotopic (exact) mass is 504 g/mol. The van der Waals surface area contributed by atoms with Crippen molar-refractivity contribution >= 4 is 35.3 Å². The van der Waals surface area contributed by atoms with Gasteiger partial charge < -0.3 is 9.84 Å². The Labute approximate surface area is 213 Å². The van der Waals surface area contributed by atoms with E-state index in [1.807, 2.05) is 46.1 Å². The number of carboxylic acid groups (broad SMARTS) is 1. The lowest BCUT2D eigenvalue weighted by atomic mass is 9.75. The van der Waals surface area contributed by atoms with E-state index in [2.05, 4.69) is 11.9 Å². The SMILES string of the molecule is CC(=Cc1csc(C)n1)C1CC2C(CCCC(C)CC(C)C(=O)C(C)(C)CCC(=O)O1)N2C(=O)O. The molecule has 1 N–H and O–H groups in total. The predicted octanol–water partition coefficient (Wildman–Crippen LogP) is 6.11. The summed E-state index contributed by atoms with van der Waals surface area (Å²) >= 11 is 1.55. The van der Waals surface area contributed by atoms with Gasteiger partial charge in [-0.05, 0) is 50.7 Å². The van der Waals surface area contributed by atoms with Crippen molar-refractivity contribution in [3.8, 4) is 0 Å². The Kier molecular flexibility index (Phi) is 8.78. The molecule has 1 amide bonds. The van der Waals surface area contributed by atoms with Crippen molar-refractivity contribution < 1.29 is 24.2 Å². The molecule has 5 unspecified atom stereocenters. The number of esters is 1. The molecular formula is C27H40N2O5S. The van der Waals surface area contributed by atoms with Crippen LogP contribution < -0.4 is 0 Å². The molecule has 0 saturated carbocycles. The fourth-order valence-corrected chi connectivity index (χ4v) is 6.04. The Hall–Kier alpha value is -2.22. The number of thiazole rings is 1. The van der Waals surface area contributed by atoms with Gasteiger partial charge in [0, 0.05) is 29.6 Å². The van der Waals surface area contributed by atoms with E-state index < -0.39 is 17.6 Å². The van der Waals surface area contributed by atoms with Crippen molar-refractivity contribution in [2.24, 2.45) is 17.3 Å². The second-order valence-corrected chi connectivity index (χ2v) is 12.2. The van der Waals surface area contributed by atoms with E-state index in [4.69, 9.17) is 4.74 Å². The minimum absolute atomic E-state index is 0.0545. The molecule has 0 spiro atoms. The lowest BCUT2D eigenvalue weighted by Gasteiger charge is -2.28. The molecule has 8 heteroatoms. The van der Waals surface area contributed by atoms with Crippen LogP contribution >= 0.6 is 11.3 Å². The number of amides is 1. The summed E-state index contributed by atoms with van der Waals surface area (Å²) in [4.78, 5) is 43.9. The van der Waals surface area contributed by atoms with Crippen LogP contribution in [0.2, 0.25) is 0 Å². The Balaban J connectivity index is 1.84. The number of Topliss-reactive ketones (excluding diaryl/α,β-unsaturated/α-hetero) is 1. The van der Waals surface area contributed by atoms with Crippen LogP contribution in [-0.4, -0.2) is 51.0 Å². The molecule has 2 aliphatic heterocycles. The maximum absolute atomic E-state index is 13.1. The number of aryl methyl sites for hydroxylation is 1. The zero-order valence-electron chi connectivity index (χ0n) is 21.9. The molecular weight excluding hydrogens is 464 g/mol. The highest BCUT2D eigenvalue weighted by atomic mass is 32.1. The minimum atomic E-state index is -0.922. The highest BCUT2D eigenvalue weighted by Gasteiger charge is 2.51. The average Bonchev–Trinajstić information content (AvgIpc) is 3.30. The Bertz CT molecular complexity index is 969. The molecule has 2 saturated heterocycles. The van der Waals surface area contributed by atoms with Gasteiger partial charge in [0.25, 0.3) is 0 Å². The molecule has 35 heavy (non-hydrogen) atoms. The largest absolute Gasteiger partial charge is 0.465 e. The molecule has 3 rings (SSSR count). The topological polar surface area (TPSA) is 96.6 Å². The number of rotatable bonds is 2. The van der Waals surface area contributed by atoms with Crippen LogP contribution in [-0.2, 0) is 14.3 Å². The molecule has 0 aliphatic carbocycles. The lowest BCUT2D eigenvalue weighted by Crippen LogP contribution is -2.32. The van der Waals surface area contributed by atoms with E-state index in [1.165, 1.54) is 4.90 Å². The maximum Gasteiger partial charge on any atom is 0.407 e. The zero-order chi connectivity index (χ0) is 25.9. The normalized spacial score (nSPS) is 31.0. The molecule has 3 heterocycles. The second-order valence-electron chi connectivity index (χ2n) is 11.1. The first kappa shape index (κ1) is 27.4. The number of hydrogen-bond donors (Lipinski definition) is 1. The molecule has 2 fully saturated rings. The van der Waals surface area contributed by atoms with Crippen LogP contribution in [0.4, 0.5) is 4.79 Å². The van der Waals surface area contributed by atoms with Gasteiger partial charge in [-0.2, -0.15) is 0 Å². The zero-order valence-corrected chi connectivity index (χ0v) is 22.7. The van der Waals surface area contributed by atoms with Crippen molar-refractivity contribution in [1.29, 1.82) is 0 Å². The number of ether oxygens (including phenoxy) is 1. The number of fused-ring (bicyclic) bond motifs is 1. The van der Waals surface area contributed by atoms with Gasteiger partial charge in [0.2, 0.25) is 0 Å². The molecule has 1 aromatic rings.